The first kappa shape index (κ1) is 13.1. The average molecular weight is 252 g/mol. The van der Waals surface area contributed by atoms with Gasteiger partial charge in [0.2, 0.25) is 0 Å². The van der Waals surface area contributed by atoms with Gasteiger partial charge >= 0.3 is 0 Å². The van der Waals surface area contributed by atoms with Crippen LogP contribution in [-0.2, 0) is 0 Å². The fraction of sp³-hybridized carbons (Fsp3) is 0.467. The van der Waals surface area contributed by atoms with Crippen molar-refractivity contribution in [1.82, 2.24) is 0 Å². The molecule has 0 aliphatic heterocycles. The van der Waals surface area contributed by atoms with Crippen LogP contribution in [0.1, 0.15) is 43.6 Å². The predicted octanol–water partition coefficient (Wildman–Crippen LogP) is 4.52. The van der Waals surface area contributed by atoms with Crippen molar-refractivity contribution in [3.63, 3.8) is 0 Å². The Bertz CT molecular complexity index is 411. The van der Waals surface area contributed by atoms with Crippen molar-refractivity contribution in [3.05, 3.63) is 42.0 Å². The Morgan fingerprint density at radius 2 is 1.72 bits per heavy atom. The van der Waals surface area contributed by atoms with Gasteiger partial charge in [-0.1, -0.05) is 6.08 Å². The molecule has 18 heavy (non-hydrogen) atoms. The zero-order chi connectivity index (χ0) is 13.1. The first-order valence-electron chi connectivity index (χ1n) is 6.40. The second-order valence-corrected chi connectivity index (χ2v) is 5.08. The lowest BCUT2D eigenvalue weighted by molar-refractivity contribution is 0.326. The maximum absolute atomic E-state index is 13.3. The number of allylic oxidation sites excluding steroid dienone is 1. The van der Waals surface area contributed by atoms with Gasteiger partial charge in [-0.2, -0.15) is 0 Å². The molecule has 2 rings (SSSR count). The molecular weight excluding hydrogens is 234 g/mol. The number of hydrogen-bond acceptors (Lipinski definition) is 1. The monoisotopic (exact) mass is 252 g/mol. The van der Waals surface area contributed by atoms with Crippen LogP contribution in [0.3, 0.4) is 0 Å². The number of halogens is 2. The molecule has 0 aromatic heterocycles. The highest BCUT2D eigenvalue weighted by molar-refractivity contribution is 5.32. The van der Waals surface area contributed by atoms with Crippen molar-refractivity contribution in [1.29, 1.82) is 0 Å². The Morgan fingerprint density at radius 3 is 2.22 bits per heavy atom. The minimum absolute atomic E-state index is 0.204. The second-order valence-electron chi connectivity index (χ2n) is 5.08. The van der Waals surface area contributed by atoms with Crippen LogP contribution in [-0.4, -0.2) is 5.11 Å². The minimum Gasteiger partial charge on any atom is -0.503 e. The quantitative estimate of drug-likeness (QED) is 0.784. The molecule has 98 valence electrons. The maximum atomic E-state index is 13.3. The molecule has 1 fully saturated rings. The third kappa shape index (κ3) is 2.71. The van der Waals surface area contributed by atoms with Crippen molar-refractivity contribution in [3.8, 4) is 5.75 Å². The van der Waals surface area contributed by atoms with Gasteiger partial charge in [-0.05, 0) is 61.6 Å². The lowest BCUT2D eigenvalue weighted by Crippen LogP contribution is -2.13. The van der Waals surface area contributed by atoms with Crippen LogP contribution in [0.25, 0.3) is 0 Å². The average Bonchev–Trinajstić information content (AvgIpc) is 2.37. The number of phenolic OH excluding ortho intramolecular Hbond substituents is 1. The van der Waals surface area contributed by atoms with Crippen LogP contribution in [0.2, 0.25) is 0 Å². The Labute approximate surface area is 106 Å². The van der Waals surface area contributed by atoms with Crippen molar-refractivity contribution in [2.45, 2.75) is 38.0 Å². The zero-order valence-electron chi connectivity index (χ0n) is 10.3. The molecule has 0 radical (unpaired) electrons. The van der Waals surface area contributed by atoms with E-state index in [4.69, 9.17) is 5.11 Å². The highest BCUT2D eigenvalue weighted by atomic mass is 19.1. The van der Waals surface area contributed by atoms with E-state index in [1.165, 1.54) is 12.1 Å². The van der Waals surface area contributed by atoms with E-state index in [0.717, 1.165) is 32.1 Å². The number of rotatable bonds is 3. The van der Waals surface area contributed by atoms with Crippen LogP contribution in [0.5, 0.6) is 5.75 Å². The highest BCUT2D eigenvalue weighted by Gasteiger charge is 2.23. The molecule has 1 aromatic rings. The molecule has 0 spiro atoms. The summed E-state index contributed by atoms with van der Waals surface area (Å²) in [6.45, 7) is 3.74. The molecule has 1 aromatic carbocycles. The number of phenols is 1. The van der Waals surface area contributed by atoms with Crippen molar-refractivity contribution >= 4 is 0 Å². The van der Waals surface area contributed by atoms with Gasteiger partial charge < -0.3 is 5.11 Å². The Hall–Kier alpha value is -1.38. The summed E-state index contributed by atoms with van der Waals surface area (Å²) in [6.07, 6.45) is 6.99. The summed E-state index contributed by atoms with van der Waals surface area (Å²) >= 11 is 0. The van der Waals surface area contributed by atoms with Gasteiger partial charge in [0.25, 0.3) is 0 Å². The van der Waals surface area contributed by atoms with E-state index in [-0.39, 0.29) is 5.92 Å². The molecular formula is C15H18F2O. The number of hydrogen-bond donors (Lipinski definition) is 1. The van der Waals surface area contributed by atoms with E-state index in [0.29, 0.717) is 11.5 Å². The second kappa shape index (κ2) is 5.51. The molecule has 0 saturated heterocycles. The lowest BCUT2D eigenvalue weighted by atomic mass is 9.77. The summed E-state index contributed by atoms with van der Waals surface area (Å²) in [5, 5.41) is 9.08. The number of benzene rings is 1. The Kier molecular flexibility index (Phi) is 4.00. The predicted molar refractivity (Wildman–Crippen MR) is 67.5 cm³/mol. The fourth-order valence-electron chi connectivity index (χ4n) is 2.79. The lowest BCUT2D eigenvalue weighted by Gasteiger charge is -2.28. The smallest absolute Gasteiger partial charge is 0.187 e. The van der Waals surface area contributed by atoms with Gasteiger partial charge in [0.15, 0.2) is 17.4 Å². The van der Waals surface area contributed by atoms with Gasteiger partial charge in [0, 0.05) is 0 Å². The minimum atomic E-state index is -0.876. The van der Waals surface area contributed by atoms with E-state index < -0.39 is 17.4 Å². The molecule has 1 saturated carbocycles. The molecule has 0 unspecified atom stereocenters. The molecule has 1 N–H and O–H groups in total. The summed E-state index contributed by atoms with van der Waals surface area (Å²) in [7, 11) is 0. The molecule has 1 nitrogen and oxygen atoms in total. The van der Waals surface area contributed by atoms with Crippen molar-refractivity contribution in [2.24, 2.45) is 5.92 Å². The fourth-order valence-corrected chi connectivity index (χ4v) is 2.79. The summed E-state index contributed by atoms with van der Waals surface area (Å²) in [5.74, 6) is -1.74. The first-order chi connectivity index (χ1) is 8.61. The van der Waals surface area contributed by atoms with Crippen LogP contribution in [0.4, 0.5) is 8.78 Å². The van der Waals surface area contributed by atoms with Crippen molar-refractivity contribution in [2.75, 3.05) is 0 Å². The summed E-state index contributed by atoms with van der Waals surface area (Å²) in [6, 6.07) is 2.52. The molecule has 0 bridgehead atoms. The highest BCUT2D eigenvalue weighted by Crippen LogP contribution is 2.38. The maximum Gasteiger partial charge on any atom is 0.187 e. The summed E-state index contributed by atoms with van der Waals surface area (Å²) in [5.41, 5.74) is 0.667. The topological polar surface area (TPSA) is 20.2 Å². The van der Waals surface area contributed by atoms with Gasteiger partial charge in [-0.3, -0.25) is 0 Å². The Morgan fingerprint density at radius 1 is 1.17 bits per heavy atom. The van der Waals surface area contributed by atoms with Crippen LogP contribution < -0.4 is 0 Å². The van der Waals surface area contributed by atoms with Crippen molar-refractivity contribution < 1.29 is 13.9 Å². The van der Waals surface area contributed by atoms with E-state index >= 15 is 0 Å². The molecule has 0 atom stereocenters. The van der Waals surface area contributed by atoms with Crippen LogP contribution in [0, 0.1) is 17.6 Å². The van der Waals surface area contributed by atoms with E-state index in [9.17, 15) is 8.78 Å². The first-order valence-corrected chi connectivity index (χ1v) is 6.40. The molecule has 3 heteroatoms. The normalized spacial score (nSPS) is 23.9. The van der Waals surface area contributed by atoms with Gasteiger partial charge in [0.1, 0.15) is 0 Å². The number of aromatic hydroxyl groups is 1. The summed E-state index contributed by atoms with van der Waals surface area (Å²) in [4.78, 5) is 0. The van der Waals surface area contributed by atoms with E-state index in [1.54, 1.807) is 0 Å². The molecule has 1 aliphatic rings. The Balaban J connectivity index is 2.08. The largest absolute Gasteiger partial charge is 0.503 e. The molecule has 0 amide bonds. The zero-order valence-corrected chi connectivity index (χ0v) is 10.3. The molecule has 1 aliphatic carbocycles. The van der Waals surface area contributed by atoms with E-state index in [1.807, 2.05) is 6.08 Å². The van der Waals surface area contributed by atoms with E-state index in [2.05, 4.69) is 6.58 Å². The SMILES string of the molecule is C=CC[C@H]1CC[C@H](c2cc(F)c(O)c(F)c2)CC1. The molecule has 0 heterocycles. The van der Waals surface area contributed by atoms with Gasteiger partial charge in [-0.15, -0.1) is 6.58 Å². The third-order valence-electron chi connectivity index (χ3n) is 3.86. The van der Waals surface area contributed by atoms with Crippen LogP contribution >= 0.6 is 0 Å². The standard InChI is InChI=1S/C15H18F2O/c1-2-3-10-4-6-11(7-5-10)12-8-13(16)15(18)14(17)9-12/h2,8-11,18H,1,3-7H2/t10-,11-. The third-order valence-corrected chi connectivity index (χ3v) is 3.86. The van der Waals surface area contributed by atoms with Gasteiger partial charge in [0.05, 0.1) is 0 Å². The van der Waals surface area contributed by atoms with Crippen LogP contribution in [0.15, 0.2) is 24.8 Å². The van der Waals surface area contributed by atoms with Gasteiger partial charge in [-0.25, -0.2) is 8.78 Å². The summed E-state index contributed by atoms with van der Waals surface area (Å²) < 4.78 is 26.6.